The number of aryl methyl sites for hydroxylation is 1. The molecule has 0 atom stereocenters. The topological polar surface area (TPSA) is 29.1 Å². The van der Waals surface area contributed by atoms with Crippen molar-refractivity contribution in [3.63, 3.8) is 0 Å². The molecular weight excluding hydrogens is 242 g/mol. The van der Waals surface area contributed by atoms with Crippen LogP contribution in [-0.4, -0.2) is 5.78 Å². The lowest BCUT2D eigenvalue weighted by Crippen LogP contribution is -2.02. The van der Waals surface area contributed by atoms with E-state index >= 15 is 0 Å². The Kier molecular flexibility index (Phi) is 3.26. The molecule has 3 rings (SSSR count). The van der Waals surface area contributed by atoms with Crippen molar-refractivity contribution in [1.82, 2.24) is 5.32 Å². The number of thiophene rings is 1. The van der Waals surface area contributed by atoms with Crippen LogP contribution in [-0.2, 0) is 19.5 Å². The van der Waals surface area contributed by atoms with Crippen LogP contribution in [0.5, 0.6) is 0 Å². The number of fused-ring (bicyclic) bond motifs is 1. The second-order valence-electron chi connectivity index (χ2n) is 4.59. The Morgan fingerprint density at radius 2 is 2.11 bits per heavy atom. The first-order valence-electron chi connectivity index (χ1n) is 6.21. The van der Waals surface area contributed by atoms with Gasteiger partial charge in [-0.2, -0.15) is 0 Å². The van der Waals surface area contributed by atoms with E-state index in [0.29, 0.717) is 6.42 Å². The van der Waals surface area contributed by atoms with Crippen LogP contribution in [0, 0.1) is 0 Å². The van der Waals surface area contributed by atoms with Crippen molar-refractivity contribution >= 4 is 17.1 Å². The van der Waals surface area contributed by atoms with Gasteiger partial charge in [-0.05, 0) is 35.1 Å². The maximum Gasteiger partial charge on any atom is 0.163 e. The summed E-state index contributed by atoms with van der Waals surface area (Å²) in [6, 6.07) is 10.2. The molecule has 2 aromatic rings. The molecule has 0 amide bonds. The van der Waals surface area contributed by atoms with Gasteiger partial charge in [-0.3, -0.25) is 4.79 Å². The molecular formula is C15H15NOS. The first-order valence-corrected chi connectivity index (χ1v) is 7.09. The summed E-state index contributed by atoms with van der Waals surface area (Å²) in [7, 11) is 0. The molecule has 3 heteroatoms. The lowest BCUT2D eigenvalue weighted by atomic mass is 10.0. The van der Waals surface area contributed by atoms with Gasteiger partial charge in [-0.25, -0.2) is 0 Å². The largest absolute Gasteiger partial charge is 0.309 e. The number of carbonyl (C=O) groups excluding carboxylic acids is 1. The Balaban J connectivity index is 1.69. The number of ketones is 1. The molecule has 0 saturated heterocycles. The lowest BCUT2D eigenvalue weighted by Gasteiger charge is -2.03. The van der Waals surface area contributed by atoms with Gasteiger partial charge in [0.25, 0.3) is 0 Å². The molecule has 0 fully saturated rings. The van der Waals surface area contributed by atoms with Crippen molar-refractivity contribution in [1.29, 1.82) is 0 Å². The third-order valence-electron chi connectivity index (χ3n) is 3.34. The molecule has 0 radical (unpaired) electrons. The molecule has 0 saturated carbocycles. The zero-order valence-corrected chi connectivity index (χ0v) is 10.9. The van der Waals surface area contributed by atoms with E-state index in [1.807, 2.05) is 18.2 Å². The second-order valence-corrected chi connectivity index (χ2v) is 5.62. The fraction of sp³-hybridized carbons (Fsp3) is 0.267. The highest BCUT2D eigenvalue weighted by molar-refractivity contribution is 7.09. The van der Waals surface area contributed by atoms with Crippen molar-refractivity contribution in [3.05, 3.63) is 57.3 Å². The van der Waals surface area contributed by atoms with Gasteiger partial charge < -0.3 is 5.32 Å². The maximum absolute atomic E-state index is 12.1. The Labute approximate surface area is 111 Å². The van der Waals surface area contributed by atoms with Crippen molar-refractivity contribution in [2.45, 2.75) is 25.9 Å². The van der Waals surface area contributed by atoms with E-state index < -0.39 is 0 Å². The van der Waals surface area contributed by atoms with Crippen molar-refractivity contribution < 1.29 is 4.79 Å². The summed E-state index contributed by atoms with van der Waals surface area (Å²) in [5, 5.41) is 5.36. The van der Waals surface area contributed by atoms with Crippen LogP contribution in [0.2, 0.25) is 0 Å². The van der Waals surface area contributed by atoms with Gasteiger partial charge in [0.15, 0.2) is 5.78 Å². The SMILES string of the molecule is O=C(CCc1cccs1)c1ccc2c(c1)CNC2. The van der Waals surface area contributed by atoms with Crippen molar-refractivity contribution in [2.75, 3.05) is 0 Å². The second kappa shape index (κ2) is 5.04. The maximum atomic E-state index is 12.1. The minimum atomic E-state index is 0.248. The highest BCUT2D eigenvalue weighted by Crippen LogP contribution is 2.19. The summed E-state index contributed by atoms with van der Waals surface area (Å²) >= 11 is 1.72. The van der Waals surface area contributed by atoms with E-state index in [2.05, 4.69) is 22.8 Å². The van der Waals surface area contributed by atoms with Crippen molar-refractivity contribution in [2.24, 2.45) is 0 Å². The summed E-state index contributed by atoms with van der Waals surface area (Å²) in [5.41, 5.74) is 3.45. The quantitative estimate of drug-likeness (QED) is 0.852. The molecule has 1 aromatic carbocycles. The first kappa shape index (κ1) is 11.6. The van der Waals surface area contributed by atoms with Gasteiger partial charge in [0, 0.05) is 30.0 Å². The van der Waals surface area contributed by atoms with Crippen LogP contribution in [0.4, 0.5) is 0 Å². The number of hydrogen-bond acceptors (Lipinski definition) is 3. The predicted molar refractivity (Wildman–Crippen MR) is 74.0 cm³/mol. The Morgan fingerprint density at radius 3 is 2.94 bits per heavy atom. The number of rotatable bonds is 4. The number of hydrogen-bond donors (Lipinski definition) is 1. The fourth-order valence-electron chi connectivity index (χ4n) is 2.30. The van der Waals surface area contributed by atoms with E-state index in [1.54, 1.807) is 11.3 Å². The van der Waals surface area contributed by atoms with Crippen LogP contribution in [0.25, 0.3) is 0 Å². The number of Topliss-reactive ketones (excluding diaryl/α,β-unsaturated/α-hetero) is 1. The van der Waals surface area contributed by atoms with Crippen LogP contribution >= 0.6 is 11.3 Å². The highest BCUT2D eigenvalue weighted by atomic mass is 32.1. The molecule has 1 aliphatic rings. The van der Waals surface area contributed by atoms with E-state index in [9.17, 15) is 4.79 Å². The Bertz CT molecular complexity index is 560. The molecule has 0 aliphatic carbocycles. The molecule has 1 N–H and O–H groups in total. The van der Waals surface area contributed by atoms with E-state index in [0.717, 1.165) is 25.1 Å². The molecule has 2 nitrogen and oxygen atoms in total. The van der Waals surface area contributed by atoms with Gasteiger partial charge in [0.05, 0.1) is 0 Å². The van der Waals surface area contributed by atoms with Gasteiger partial charge in [-0.1, -0.05) is 18.2 Å². The molecule has 2 heterocycles. The molecule has 0 spiro atoms. The molecule has 0 bridgehead atoms. The highest BCUT2D eigenvalue weighted by Gasteiger charge is 2.13. The van der Waals surface area contributed by atoms with Gasteiger partial charge >= 0.3 is 0 Å². The standard InChI is InChI=1S/C15H15NOS/c17-15(6-5-14-2-1-7-18-14)11-3-4-12-9-16-10-13(12)8-11/h1-4,7-8,16H,5-6,9-10H2. The van der Waals surface area contributed by atoms with E-state index in [1.165, 1.54) is 16.0 Å². The average molecular weight is 257 g/mol. The summed E-state index contributed by atoms with van der Waals surface area (Å²) in [6.07, 6.45) is 1.46. The van der Waals surface area contributed by atoms with Gasteiger partial charge in [0.2, 0.25) is 0 Å². The van der Waals surface area contributed by atoms with Crippen molar-refractivity contribution in [3.8, 4) is 0 Å². The minimum Gasteiger partial charge on any atom is -0.309 e. The third kappa shape index (κ3) is 2.37. The summed E-state index contributed by atoms with van der Waals surface area (Å²) in [4.78, 5) is 13.4. The van der Waals surface area contributed by atoms with Crippen LogP contribution in [0.15, 0.2) is 35.7 Å². The first-order chi connectivity index (χ1) is 8.83. The summed E-state index contributed by atoms with van der Waals surface area (Å²) in [6.45, 7) is 1.82. The monoisotopic (exact) mass is 257 g/mol. The Morgan fingerprint density at radius 1 is 1.22 bits per heavy atom. The average Bonchev–Trinajstić information content (AvgIpc) is 3.05. The molecule has 18 heavy (non-hydrogen) atoms. The van der Waals surface area contributed by atoms with Gasteiger partial charge in [0.1, 0.15) is 0 Å². The summed E-state index contributed by atoms with van der Waals surface area (Å²) < 4.78 is 0. The fourth-order valence-corrected chi connectivity index (χ4v) is 3.01. The zero-order chi connectivity index (χ0) is 12.4. The number of nitrogens with one attached hydrogen (secondary N) is 1. The minimum absolute atomic E-state index is 0.248. The summed E-state index contributed by atoms with van der Waals surface area (Å²) in [5.74, 6) is 0.248. The lowest BCUT2D eigenvalue weighted by molar-refractivity contribution is 0.0983. The van der Waals surface area contributed by atoms with Crippen LogP contribution in [0.3, 0.4) is 0 Å². The molecule has 1 aromatic heterocycles. The zero-order valence-electron chi connectivity index (χ0n) is 10.1. The molecule has 1 aliphatic heterocycles. The van der Waals surface area contributed by atoms with Crippen LogP contribution < -0.4 is 5.32 Å². The van der Waals surface area contributed by atoms with Crippen LogP contribution in [0.1, 0.15) is 32.8 Å². The normalized spacial score (nSPS) is 13.6. The molecule has 0 unspecified atom stereocenters. The van der Waals surface area contributed by atoms with E-state index in [4.69, 9.17) is 0 Å². The number of benzene rings is 1. The smallest absolute Gasteiger partial charge is 0.163 e. The Hall–Kier alpha value is -1.45. The predicted octanol–water partition coefficient (Wildman–Crippen LogP) is 3.17. The number of carbonyl (C=O) groups is 1. The third-order valence-corrected chi connectivity index (χ3v) is 4.27. The molecule has 92 valence electrons. The van der Waals surface area contributed by atoms with Gasteiger partial charge in [-0.15, -0.1) is 11.3 Å². The van der Waals surface area contributed by atoms with E-state index in [-0.39, 0.29) is 5.78 Å².